The van der Waals surface area contributed by atoms with Crippen molar-refractivity contribution < 1.29 is 17.9 Å². The number of sulfonamides is 1. The van der Waals surface area contributed by atoms with Gasteiger partial charge >= 0.3 is 0 Å². The van der Waals surface area contributed by atoms with E-state index in [4.69, 9.17) is 16.3 Å². The molecule has 0 unspecified atom stereocenters. The fourth-order valence-corrected chi connectivity index (χ4v) is 3.57. The maximum atomic E-state index is 12.5. The fraction of sp³-hybridized carbons (Fsp3) is 0.250. The second-order valence-electron chi connectivity index (χ2n) is 6.21. The molecular weight excluding hydrogens is 400 g/mol. The van der Waals surface area contributed by atoms with E-state index < -0.39 is 15.9 Å². The van der Waals surface area contributed by atoms with Gasteiger partial charge in [-0.2, -0.15) is 0 Å². The van der Waals surface area contributed by atoms with Gasteiger partial charge in [-0.05, 0) is 55.3 Å². The van der Waals surface area contributed by atoms with E-state index in [0.717, 1.165) is 15.4 Å². The molecule has 2 aromatic rings. The minimum absolute atomic E-state index is 0.00792. The van der Waals surface area contributed by atoms with Gasteiger partial charge in [0.25, 0.3) is 0 Å². The molecule has 28 heavy (non-hydrogen) atoms. The van der Waals surface area contributed by atoms with Crippen LogP contribution in [0, 0.1) is 6.92 Å². The Labute approximate surface area is 170 Å². The third-order valence-electron chi connectivity index (χ3n) is 3.89. The maximum Gasteiger partial charge on any atom is 0.248 e. The first-order chi connectivity index (χ1) is 13.1. The van der Waals surface area contributed by atoms with Gasteiger partial charge in [-0.25, -0.2) is 12.7 Å². The van der Waals surface area contributed by atoms with Gasteiger partial charge in [-0.15, -0.1) is 0 Å². The molecule has 6 nitrogen and oxygen atoms in total. The van der Waals surface area contributed by atoms with Crippen LogP contribution in [-0.4, -0.2) is 39.3 Å². The highest BCUT2D eigenvalue weighted by molar-refractivity contribution is 7.89. The summed E-state index contributed by atoms with van der Waals surface area (Å²) < 4.78 is 31.6. The molecule has 0 atom stereocenters. The number of ether oxygens (including phenoxy) is 1. The van der Waals surface area contributed by atoms with Gasteiger partial charge in [-0.3, -0.25) is 4.79 Å². The summed E-state index contributed by atoms with van der Waals surface area (Å²) in [5.74, 6) is -0.159. The number of hydrogen-bond acceptors (Lipinski definition) is 4. The minimum Gasteiger partial charge on any atom is -0.492 e. The SMILES string of the molecule is CCOc1ccc(NC(=O)/C=C/c2ccc(C)c(Cl)c2)cc1S(=O)(=O)N(C)C. The Morgan fingerprint density at radius 3 is 2.54 bits per heavy atom. The number of hydrogen-bond donors (Lipinski definition) is 1. The summed E-state index contributed by atoms with van der Waals surface area (Å²) in [5.41, 5.74) is 2.08. The van der Waals surface area contributed by atoms with Gasteiger partial charge in [0, 0.05) is 30.9 Å². The second kappa shape index (κ2) is 9.23. The van der Waals surface area contributed by atoms with Crippen LogP contribution in [0.1, 0.15) is 18.1 Å². The number of carbonyl (C=O) groups is 1. The van der Waals surface area contributed by atoms with Crippen molar-refractivity contribution in [2.24, 2.45) is 0 Å². The first-order valence-electron chi connectivity index (χ1n) is 8.59. The van der Waals surface area contributed by atoms with E-state index >= 15 is 0 Å². The number of nitrogens with one attached hydrogen (secondary N) is 1. The lowest BCUT2D eigenvalue weighted by Crippen LogP contribution is -2.23. The molecule has 0 radical (unpaired) electrons. The molecule has 1 N–H and O–H groups in total. The average Bonchev–Trinajstić information content (AvgIpc) is 2.64. The van der Waals surface area contributed by atoms with E-state index in [1.165, 1.54) is 32.3 Å². The van der Waals surface area contributed by atoms with Crippen molar-refractivity contribution in [3.05, 3.63) is 58.6 Å². The standard InChI is InChI=1S/C20H23ClN2O4S/c1-5-27-18-10-9-16(13-19(18)28(25,26)23(3)4)22-20(24)11-8-15-7-6-14(2)17(21)12-15/h6-13H,5H2,1-4H3,(H,22,24)/b11-8+. The van der Waals surface area contributed by atoms with Gasteiger partial charge < -0.3 is 10.1 Å². The normalized spacial score (nSPS) is 11.8. The van der Waals surface area contributed by atoms with E-state index in [9.17, 15) is 13.2 Å². The van der Waals surface area contributed by atoms with Crippen molar-refractivity contribution in [2.75, 3.05) is 26.0 Å². The predicted octanol–water partition coefficient (Wildman–Crippen LogP) is 3.95. The lowest BCUT2D eigenvalue weighted by atomic mass is 10.1. The number of benzene rings is 2. The van der Waals surface area contributed by atoms with E-state index in [1.54, 1.807) is 25.1 Å². The van der Waals surface area contributed by atoms with Crippen LogP contribution in [0.3, 0.4) is 0 Å². The molecule has 0 bridgehead atoms. The van der Waals surface area contributed by atoms with E-state index in [0.29, 0.717) is 17.3 Å². The monoisotopic (exact) mass is 422 g/mol. The molecule has 0 saturated carbocycles. The Balaban J connectivity index is 2.24. The molecular formula is C20H23ClN2O4S. The van der Waals surface area contributed by atoms with E-state index in [2.05, 4.69) is 5.32 Å². The first kappa shape index (κ1) is 21.9. The van der Waals surface area contributed by atoms with Crippen LogP contribution in [0.2, 0.25) is 5.02 Å². The van der Waals surface area contributed by atoms with Crippen molar-refractivity contribution in [1.29, 1.82) is 0 Å². The zero-order valence-electron chi connectivity index (χ0n) is 16.2. The van der Waals surface area contributed by atoms with Gasteiger partial charge in [0.15, 0.2) is 0 Å². The summed E-state index contributed by atoms with van der Waals surface area (Å²) in [5, 5.41) is 3.28. The third-order valence-corrected chi connectivity index (χ3v) is 6.14. The topological polar surface area (TPSA) is 75.7 Å². The van der Waals surface area contributed by atoms with Crippen molar-refractivity contribution in [3.8, 4) is 5.75 Å². The zero-order chi connectivity index (χ0) is 20.9. The van der Waals surface area contributed by atoms with Gasteiger partial charge in [-0.1, -0.05) is 23.7 Å². The molecule has 2 aromatic carbocycles. The highest BCUT2D eigenvalue weighted by Crippen LogP contribution is 2.29. The van der Waals surface area contributed by atoms with Crippen LogP contribution in [0.25, 0.3) is 6.08 Å². The van der Waals surface area contributed by atoms with Crippen LogP contribution in [-0.2, 0) is 14.8 Å². The smallest absolute Gasteiger partial charge is 0.248 e. The Hall–Kier alpha value is -2.35. The number of amides is 1. The number of halogens is 1. The Morgan fingerprint density at radius 2 is 1.93 bits per heavy atom. The van der Waals surface area contributed by atoms with Crippen LogP contribution in [0.5, 0.6) is 5.75 Å². The Morgan fingerprint density at radius 1 is 1.21 bits per heavy atom. The number of rotatable bonds is 7. The maximum absolute atomic E-state index is 12.5. The van der Waals surface area contributed by atoms with Crippen molar-refractivity contribution >= 4 is 39.3 Å². The molecule has 1 amide bonds. The molecule has 0 aliphatic rings. The number of anilines is 1. The minimum atomic E-state index is -3.73. The Bertz CT molecular complexity index is 1000. The summed E-state index contributed by atoms with van der Waals surface area (Å²) in [6, 6.07) is 9.98. The summed E-state index contributed by atoms with van der Waals surface area (Å²) in [7, 11) is -0.855. The van der Waals surface area contributed by atoms with Gasteiger partial charge in [0.2, 0.25) is 15.9 Å². The highest BCUT2D eigenvalue weighted by Gasteiger charge is 2.23. The van der Waals surface area contributed by atoms with Gasteiger partial charge in [0.05, 0.1) is 6.61 Å². The third kappa shape index (κ3) is 5.34. The molecule has 2 rings (SSSR count). The predicted molar refractivity (Wildman–Crippen MR) is 112 cm³/mol. The van der Waals surface area contributed by atoms with Crippen LogP contribution in [0.4, 0.5) is 5.69 Å². The van der Waals surface area contributed by atoms with Crippen molar-refractivity contribution in [2.45, 2.75) is 18.7 Å². The summed E-state index contributed by atoms with van der Waals surface area (Å²) >= 11 is 6.08. The molecule has 8 heteroatoms. The number of aryl methyl sites for hydroxylation is 1. The molecule has 0 heterocycles. The van der Waals surface area contributed by atoms with E-state index in [1.807, 2.05) is 19.1 Å². The van der Waals surface area contributed by atoms with Crippen LogP contribution >= 0.6 is 11.6 Å². The lowest BCUT2D eigenvalue weighted by Gasteiger charge is -2.16. The summed E-state index contributed by atoms with van der Waals surface area (Å²) in [4.78, 5) is 12.2. The zero-order valence-corrected chi connectivity index (χ0v) is 17.8. The lowest BCUT2D eigenvalue weighted by molar-refractivity contribution is -0.111. The number of carbonyl (C=O) groups excluding carboxylic acids is 1. The van der Waals surface area contributed by atoms with E-state index in [-0.39, 0.29) is 10.6 Å². The molecule has 150 valence electrons. The number of nitrogens with zero attached hydrogens (tertiary/aromatic N) is 1. The van der Waals surface area contributed by atoms with Crippen molar-refractivity contribution in [1.82, 2.24) is 4.31 Å². The summed E-state index contributed by atoms with van der Waals surface area (Å²) in [6.45, 7) is 3.99. The first-order valence-corrected chi connectivity index (χ1v) is 10.4. The largest absolute Gasteiger partial charge is 0.492 e. The summed E-state index contributed by atoms with van der Waals surface area (Å²) in [6.07, 6.45) is 2.99. The fourth-order valence-electron chi connectivity index (χ4n) is 2.33. The molecule has 0 saturated heterocycles. The quantitative estimate of drug-likeness (QED) is 0.685. The van der Waals surface area contributed by atoms with Crippen LogP contribution in [0.15, 0.2) is 47.4 Å². The van der Waals surface area contributed by atoms with Gasteiger partial charge in [0.1, 0.15) is 10.6 Å². The molecule has 0 aromatic heterocycles. The van der Waals surface area contributed by atoms with Crippen molar-refractivity contribution in [3.63, 3.8) is 0 Å². The molecule has 0 aliphatic heterocycles. The second-order valence-corrected chi connectivity index (χ2v) is 8.74. The highest BCUT2D eigenvalue weighted by atomic mass is 35.5. The molecule has 0 spiro atoms. The molecule has 0 fully saturated rings. The van der Waals surface area contributed by atoms with Crippen LogP contribution < -0.4 is 10.1 Å². The average molecular weight is 423 g/mol. The molecule has 0 aliphatic carbocycles. The Kier molecular flexibility index (Phi) is 7.23.